The lowest BCUT2D eigenvalue weighted by molar-refractivity contribution is -0.384. The number of fused-ring (bicyclic) bond motifs is 1. The zero-order chi connectivity index (χ0) is 22.8. The molecule has 0 amide bonds. The second-order valence-corrected chi connectivity index (χ2v) is 7.33. The summed E-state index contributed by atoms with van der Waals surface area (Å²) < 4.78 is 9.24. The Hall–Kier alpha value is -4.05. The van der Waals surface area contributed by atoms with E-state index in [2.05, 4.69) is 4.98 Å². The van der Waals surface area contributed by atoms with Crippen molar-refractivity contribution in [3.63, 3.8) is 0 Å². The molecule has 0 N–H and O–H groups in total. The van der Waals surface area contributed by atoms with Gasteiger partial charge in [-0.2, -0.15) is 0 Å². The third kappa shape index (κ3) is 3.71. The standard InChI is InChI=1S/C22H21N5O5/c1-15-6-3-4-9-18(15)26-20-19(21(28)25(22(26)29)10-11-32-2)24(14-23-20)13-16-7-5-8-17(12-16)27(30)31/h3-9,12,14H,10-11,13H2,1-2H3. The molecule has 10 nitrogen and oxygen atoms in total. The lowest BCUT2D eigenvalue weighted by Crippen LogP contribution is -2.41. The van der Waals surface area contributed by atoms with Gasteiger partial charge in [-0.3, -0.25) is 19.5 Å². The molecule has 164 valence electrons. The fourth-order valence-electron chi connectivity index (χ4n) is 3.68. The first-order chi connectivity index (χ1) is 15.4. The Morgan fingerprint density at radius 1 is 1.12 bits per heavy atom. The van der Waals surface area contributed by atoms with Gasteiger partial charge in [-0.15, -0.1) is 0 Å². The van der Waals surface area contributed by atoms with Gasteiger partial charge in [0, 0.05) is 25.8 Å². The second kappa shape index (κ2) is 8.60. The molecule has 0 saturated carbocycles. The first-order valence-corrected chi connectivity index (χ1v) is 9.91. The highest BCUT2D eigenvalue weighted by Crippen LogP contribution is 2.19. The molecule has 0 aliphatic carbocycles. The lowest BCUT2D eigenvalue weighted by Gasteiger charge is -2.14. The monoisotopic (exact) mass is 435 g/mol. The summed E-state index contributed by atoms with van der Waals surface area (Å²) in [5, 5.41) is 11.1. The highest BCUT2D eigenvalue weighted by atomic mass is 16.6. The molecular weight excluding hydrogens is 414 g/mol. The number of imidazole rings is 1. The molecule has 2 aromatic heterocycles. The van der Waals surface area contributed by atoms with E-state index in [0.29, 0.717) is 11.3 Å². The van der Waals surface area contributed by atoms with Crippen LogP contribution in [-0.4, -0.2) is 37.3 Å². The third-order valence-electron chi connectivity index (χ3n) is 5.25. The summed E-state index contributed by atoms with van der Waals surface area (Å²) in [5.74, 6) is 0. The van der Waals surface area contributed by atoms with Gasteiger partial charge < -0.3 is 9.30 Å². The number of para-hydroxylation sites is 1. The average molecular weight is 435 g/mol. The molecule has 0 bridgehead atoms. The Kier molecular flexibility index (Phi) is 5.69. The van der Waals surface area contributed by atoms with Crippen molar-refractivity contribution in [1.29, 1.82) is 0 Å². The number of nitro benzene ring substituents is 1. The summed E-state index contributed by atoms with van der Waals surface area (Å²) in [6, 6.07) is 13.5. The lowest BCUT2D eigenvalue weighted by atomic mass is 10.2. The van der Waals surface area contributed by atoms with E-state index < -0.39 is 16.2 Å². The molecule has 32 heavy (non-hydrogen) atoms. The summed E-state index contributed by atoms with van der Waals surface area (Å²) in [5.41, 5.74) is 1.53. The minimum absolute atomic E-state index is 0.0405. The number of rotatable bonds is 7. The normalized spacial score (nSPS) is 11.2. The number of aromatic nitrogens is 4. The van der Waals surface area contributed by atoms with E-state index in [9.17, 15) is 19.7 Å². The average Bonchev–Trinajstić information content (AvgIpc) is 3.18. The van der Waals surface area contributed by atoms with Crippen molar-refractivity contribution >= 4 is 16.9 Å². The first-order valence-electron chi connectivity index (χ1n) is 9.91. The van der Waals surface area contributed by atoms with Gasteiger partial charge in [0.25, 0.3) is 11.2 Å². The Morgan fingerprint density at radius 3 is 2.62 bits per heavy atom. The molecule has 4 rings (SSSR count). The zero-order valence-electron chi connectivity index (χ0n) is 17.6. The molecule has 0 spiro atoms. The Morgan fingerprint density at radius 2 is 1.91 bits per heavy atom. The zero-order valence-corrected chi connectivity index (χ0v) is 17.6. The highest BCUT2D eigenvalue weighted by molar-refractivity contribution is 5.73. The third-order valence-corrected chi connectivity index (χ3v) is 5.25. The number of hydrogen-bond acceptors (Lipinski definition) is 6. The van der Waals surface area contributed by atoms with Crippen LogP contribution in [0.25, 0.3) is 16.9 Å². The molecule has 0 aliphatic rings. The van der Waals surface area contributed by atoms with E-state index in [-0.39, 0.29) is 36.5 Å². The highest BCUT2D eigenvalue weighted by Gasteiger charge is 2.20. The summed E-state index contributed by atoms with van der Waals surface area (Å²) >= 11 is 0. The number of methoxy groups -OCH3 is 1. The van der Waals surface area contributed by atoms with Crippen LogP contribution in [0.3, 0.4) is 0 Å². The van der Waals surface area contributed by atoms with Crippen LogP contribution in [0.2, 0.25) is 0 Å². The molecular formula is C22H21N5O5. The van der Waals surface area contributed by atoms with Gasteiger partial charge >= 0.3 is 5.69 Å². The number of aryl methyl sites for hydroxylation is 1. The van der Waals surface area contributed by atoms with Crippen molar-refractivity contribution in [3.8, 4) is 5.69 Å². The van der Waals surface area contributed by atoms with Crippen LogP contribution in [0.1, 0.15) is 11.1 Å². The fraction of sp³-hybridized carbons (Fsp3) is 0.227. The molecule has 0 saturated heterocycles. The number of non-ortho nitro benzene ring substituents is 1. The second-order valence-electron chi connectivity index (χ2n) is 7.33. The Balaban J connectivity index is 1.96. The van der Waals surface area contributed by atoms with Crippen molar-refractivity contribution in [2.24, 2.45) is 0 Å². The number of benzene rings is 2. The van der Waals surface area contributed by atoms with E-state index >= 15 is 0 Å². The molecule has 10 heteroatoms. The van der Waals surface area contributed by atoms with E-state index in [1.165, 1.54) is 30.1 Å². The van der Waals surface area contributed by atoms with Gasteiger partial charge in [0.15, 0.2) is 11.2 Å². The molecule has 0 radical (unpaired) electrons. The Bertz CT molecular complexity index is 1430. The van der Waals surface area contributed by atoms with Crippen LogP contribution in [0, 0.1) is 17.0 Å². The smallest absolute Gasteiger partial charge is 0.337 e. The SMILES string of the molecule is COCCn1c(=O)c2c(ncn2Cc2cccc([N+](=O)[O-])c2)n(-c2ccccc2C)c1=O. The van der Waals surface area contributed by atoms with Gasteiger partial charge in [-0.25, -0.2) is 14.3 Å². The van der Waals surface area contributed by atoms with Crippen molar-refractivity contribution in [1.82, 2.24) is 18.7 Å². The maximum atomic E-state index is 13.3. The maximum Gasteiger partial charge on any atom is 0.337 e. The first kappa shape index (κ1) is 21.2. The van der Waals surface area contributed by atoms with Crippen molar-refractivity contribution in [2.75, 3.05) is 13.7 Å². The number of nitro groups is 1. The minimum Gasteiger partial charge on any atom is -0.383 e. The molecule has 0 aliphatic heterocycles. The molecule has 4 aromatic rings. The van der Waals surface area contributed by atoms with E-state index in [0.717, 1.165) is 10.1 Å². The molecule has 2 heterocycles. The summed E-state index contributed by atoms with van der Waals surface area (Å²) in [7, 11) is 1.50. The van der Waals surface area contributed by atoms with Crippen LogP contribution in [-0.2, 0) is 17.8 Å². The van der Waals surface area contributed by atoms with Crippen molar-refractivity contribution in [2.45, 2.75) is 20.0 Å². The number of nitrogens with zero attached hydrogens (tertiary/aromatic N) is 5. The maximum absolute atomic E-state index is 13.3. The van der Waals surface area contributed by atoms with Crippen molar-refractivity contribution < 1.29 is 9.66 Å². The fourth-order valence-corrected chi connectivity index (χ4v) is 3.68. The van der Waals surface area contributed by atoms with Gasteiger partial charge in [0.05, 0.1) is 30.1 Å². The quantitative estimate of drug-likeness (QED) is 0.325. The van der Waals surface area contributed by atoms with Crippen LogP contribution < -0.4 is 11.2 Å². The number of hydrogen-bond donors (Lipinski definition) is 0. The van der Waals surface area contributed by atoms with E-state index in [4.69, 9.17) is 4.74 Å². The van der Waals surface area contributed by atoms with E-state index in [1.54, 1.807) is 22.8 Å². The van der Waals surface area contributed by atoms with Crippen LogP contribution in [0.5, 0.6) is 0 Å². The van der Waals surface area contributed by atoms with Gasteiger partial charge in [0.2, 0.25) is 0 Å². The predicted octanol–water partition coefficient (Wildman–Crippen LogP) is 2.26. The number of ether oxygens (including phenoxy) is 1. The summed E-state index contributed by atoms with van der Waals surface area (Å²) in [4.78, 5) is 41.6. The minimum atomic E-state index is -0.505. The molecule has 0 fully saturated rings. The summed E-state index contributed by atoms with van der Waals surface area (Å²) in [6.07, 6.45) is 1.47. The topological polar surface area (TPSA) is 114 Å². The van der Waals surface area contributed by atoms with Gasteiger partial charge in [0.1, 0.15) is 0 Å². The molecule has 2 aromatic carbocycles. The van der Waals surface area contributed by atoms with Crippen molar-refractivity contribution in [3.05, 3.63) is 96.9 Å². The van der Waals surface area contributed by atoms with Gasteiger partial charge in [-0.05, 0) is 24.1 Å². The summed E-state index contributed by atoms with van der Waals surface area (Å²) in [6.45, 7) is 2.33. The van der Waals surface area contributed by atoms with Gasteiger partial charge in [-0.1, -0.05) is 30.3 Å². The largest absolute Gasteiger partial charge is 0.383 e. The predicted molar refractivity (Wildman–Crippen MR) is 118 cm³/mol. The molecule has 0 unspecified atom stereocenters. The van der Waals surface area contributed by atoms with E-state index in [1.807, 2.05) is 25.1 Å². The molecule has 0 atom stereocenters. The van der Waals surface area contributed by atoms with Crippen LogP contribution in [0.4, 0.5) is 5.69 Å². The Labute approximate surface area is 182 Å². The van der Waals surface area contributed by atoms with Crippen LogP contribution >= 0.6 is 0 Å². The van der Waals surface area contributed by atoms with Crippen LogP contribution in [0.15, 0.2) is 64.4 Å².